The lowest BCUT2D eigenvalue weighted by molar-refractivity contribution is -0.125. The molecule has 0 saturated carbocycles. The average Bonchev–Trinajstić information content (AvgIpc) is 3.18. The molecule has 2 atom stereocenters. The summed E-state index contributed by atoms with van der Waals surface area (Å²) in [5, 5.41) is 6.26. The van der Waals surface area contributed by atoms with E-state index < -0.39 is 0 Å². The Labute approximate surface area is 147 Å². The van der Waals surface area contributed by atoms with Gasteiger partial charge in [0, 0.05) is 23.5 Å². The normalized spacial score (nSPS) is 21.1. The van der Waals surface area contributed by atoms with Gasteiger partial charge in [0.1, 0.15) is 0 Å². The summed E-state index contributed by atoms with van der Waals surface area (Å²) < 4.78 is 0. The lowest BCUT2D eigenvalue weighted by Gasteiger charge is -2.22. The second-order valence-electron chi connectivity index (χ2n) is 6.52. The van der Waals surface area contributed by atoms with Gasteiger partial charge in [-0.05, 0) is 38.9 Å². The minimum absolute atomic E-state index is 0.122. The molecule has 2 heterocycles. The number of carbonyl (C=O) groups is 1. The monoisotopic (exact) mass is 343 g/mol. The summed E-state index contributed by atoms with van der Waals surface area (Å²) in [4.78, 5) is 19.3. The van der Waals surface area contributed by atoms with Gasteiger partial charge in [-0.25, -0.2) is 4.98 Å². The van der Waals surface area contributed by atoms with Gasteiger partial charge in [-0.1, -0.05) is 31.2 Å². The Balaban J connectivity index is 1.58. The van der Waals surface area contributed by atoms with Crippen LogP contribution < -0.4 is 5.32 Å². The molecule has 1 aromatic carbocycles. The molecule has 0 unspecified atom stereocenters. The van der Waals surface area contributed by atoms with Crippen LogP contribution in [-0.2, 0) is 11.3 Å². The highest BCUT2D eigenvalue weighted by Crippen LogP contribution is 2.25. The Hall–Kier alpha value is -1.72. The second kappa shape index (κ2) is 7.45. The fourth-order valence-corrected chi connectivity index (χ4v) is 4.14. The van der Waals surface area contributed by atoms with Crippen molar-refractivity contribution in [2.75, 3.05) is 13.6 Å². The molecule has 1 aromatic heterocycles. The first-order chi connectivity index (χ1) is 11.6. The van der Waals surface area contributed by atoms with Crippen LogP contribution in [0, 0.1) is 12.8 Å². The molecule has 2 aromatic rings. The summed E-state index contributed by atoms with van der Waals surface area (Å²) in [6.07, 6.45) is 1.99. The first-order valence-electron chi connectivity index (χ1n) is 8.58. The number of thiazole rings is 1. The number of amides is 1. The third-order valence-corrected chi connectivity index (χ3v) is 5.69. The first-order valence-corrected chi connectivity index (χ1v) is 9.46. The Morgan fingerprint density at radius 1 is 1.38 bits per heavy atom. The standard InChI is InChI=1S/C19H25N3OS/c1-4-18-16(9-10-22(18)3)19(23)20-11-14-5-7-15(8-6-14)17-12-24-13(2)21-17/h5-8,12,16,18H,4,9-11H2,1-3H3,(H,20,23)/t16-,18+/m0/s1. The number of nitrogens with one attached hydrogen (secondary N) is 1. The molecule has 0 aliphatic carbocycles. The molecule has 128 valence electrons. The van der Waals surface area contributed by atoms with Crippen LogP contribution in [0.3, 0.4) is 0 Å². The van der Waals surface area contributed by atoms with Crippen LogP contribution in [0.4, 0.5) is 0 Å². The van der Waals surface area contributed by atoms with E-state index in [4.69, 9.17) is 0 Å². The maximum atomic E-state index is 12.5. The van der Waals surface area contributed by atoms with Crippen molar-refractivity contribution in [2.24, 2.45) is 5.92 Å². The van der Waals surface area contributed by atoms with Crippen molar-refractivity contribution in [1.29, 1.82) is 0 Å². The van der Waals surface area contributed by atoms with E-state index in [9.17, 15) is 4.79 Å². The largest absolute Gasteiger partial charge is 0.352 e. The summed E-state index contributed by atoms with van der Waals surface area (Å²) in [6, 6.07) is 8.67. The summed E-state index contributed by atoms with van der Waals surface area (Å²) in [5.41, 5.74) is 3.27. The highest BCUT2D eigenvalue weighted by Gasteiger charge is 2.35. The molecule has 24 heavy (non-hydrogen) atoms. The number of hydrogen-bond acceptors (Lipinski definition) is 4. The minimum Gasteiger partial charge on any atom is -0.352 e. The Kier molecular flexibility index (Phi) is 5.31. The van der Waals surface area contributed by atoms with Crippen molar-refractivity contribution in [1.82, 2.24) is 15.2 Å². The van der Waals surface area contributed by atoms with Gasteiger partial charge >= 0.3 is 0 Å². The van der Waals surface area contributed by atoms with Crippen LogP contribution >= 0.6 is 11.3 Å². The van der Waals surface area contributed by atoms with Gasteiger partial charge in [-0.15, -0.1) is 11.3 Å². The molecule has 1 fully saturated rings. The molecule has 3 rings (SSSR count). The quantitative estimate of drug-likeness (QED) is 0.904. The van der Waals surface area contributed by atoms with E-state index >= 15 is 0 Å². The molecule has 0 spiro atoms. The SMILES string of the molecule is CC[C@@H]1[C@@H](C(=O)NCc2ccc(-c3csc(C)n3)cc2)CCN1C. The lowest BCUT2D eigenvalue weighted by Crippen LogP contribution is -2.38. The zero-order chi connectivity index (χ0) is 17.1. The Bertz CT molecular complexity index is 695. The van der Waals surface area contributed by atoms with Crippen molar-refractivity contribution in [2.45, 2.75) is 39.3 Å². The lowest BCUT2D eigenvalue weighted by atomic mass is 9.97. The zero-order valence-corrected chi connectivity index (χ0v) is 15.4. The van der Waals surface area contributed by atoms with E-state index in [0.717, 1.165) is 41.2 Å². The molecule has 1 saturated heterocycles. The topological polar surface area (TPSA) is 45.2 Å². The summed E-state index contributed by atoms with van der Waals surface area (Å²) in [7, 11) is 2.11. The number of aromatic nitrogens is 1. The van der Waals surface area contributed by atoms with Crippen LogP contribution in [0.2, 0.25) is 0 Å². The zero-order valence-electron chi connectivity index (χ0n) is 14.6. The van der Waals surface area contributed by atoms with E-state index in [-0.39, 0.29) is 11.8 Å². The number of carbonyl (C=O) groups excluding carboxylic acids is 1. The van der Waals surface area contributed by atoms with E-state index in [2.05, 4.69) is 58.8 Å². The summed E-state index contributed by atoms with van der Waals surface area (Å²) in [5.74, 6) is 0.308. The molecule has 5 heteroatoms. The van der Waals surface area contributed by atoms with E-state index in [0.29, 0.717) is 12.6 Å². The van der Waals surface area contributed by atoms with Crippen LogP contribution in [-0.4, -0.2) is 35.4 Å². The molecular formula is C19H25N3OS. The van der Waals surface area contributed by atoms with Crippen molar-refractivity contribution >= 4 is 17.2 Å². The second-order valence-corrected chi connectivity index (χ2v) is 7.58. The summed E-state index contributed by atoms with van der Waals surface area (Å²) >= 11 is 1.66. The molecule has 0 radical (unpaired) electrons. The fourth-order valence-electron chi connectivity index (χ4n) is 3.52. The molecular weight excluding hydrogens is 318 g/mol. The Morgan fingerprint density at radius 3 is 2.75 bits per heavy atom. The van der Waals surface area contributed by atoms with Crippen molar-refractivity contribution in [3.8, 4) is 11.3 Å². The van der Waals surface area contributed by atoms with Gasteiger partial charge in [-0.3, -0.25) is 4.79 Å². The van der Waals surface area contributed by atoms with Gasteiger partial charge in [0.25, 0.3) is 0 Å². The van der Waals surface area contributed by atoms with Crippen molar-refractivity contribution in [3.63, 3.8) is 0 Å². The molecule has 1 aliphatic heterocycles. The maximum Gasteiger partial charge on any atom is 0.225 e. The minimum atomic E-state index is 0.122. The number of nitrogens with zero attached hydrogens (tertiary/aromatic N) is 2. The predicted molar refractivity (Wildman–Crippen MR) is 98.9 cm³/mol. The molecule has 1 N–H and O–H groups in total. The van der Waals surface area contributed by atoms with Gasteiger partial charge in [0.05, 0.1) is 16.6 Å². The number of rotatable bonds is 5. The van der Waals surface area contributed by atoms with Gasteiger partial charge in [0.15, 0.2) is 0 Å². The van der Waals surface area contributed by atoms with Crippen molar-refractivity contribution < 1.29 is 4.79 Å². The number of aryl methyl sites for hydroxylation is 1. The highest BCUT2D eigenvalue weighted by atomic mass is 32.1. The fraction of sp³-hybridized carbons (Fsp3) is 0.474. The van der Waals surface area contributed by atoms with Gasteiger partial charge in [-0.2, -0.15) is 0 Å². The highest BCUT2D eigenvalue weighted by molar-refractivity contribution is 7.09. The maximum absolute atomic E-state index is 12.5. The predicted octanol–water partition coefficient (Wildman–Crippen LogP) is 3.47. The average molecular weight is 343 g/mol. The van der Waals surface area contributed by atoms with E-state index in [1.807, 2.05) is 6.92 Å². The first kappa shape index (κ1) is 17.1. The molecule has 4 nitrogen and oxygen atoms in total. The number of benzene rings is 1. The van der Waals surface area contributed by atoms with E-state index in [1.54, 1.807) is 11.3 Å². The van der Waals surface area contributed by atoms with Crippen LogP contribution in [0.5, 0.6) is 0 Å². The molecule has 0 bridgehead atoms. The number of likely N-dealkylation sites (tertiary alicyclic amines) is 1. The van der Waals surface area contributed by atoms with Crippen molar-refractivity contribution in [3.05, 3.63) is 40.2 Å². The smallest absolute Gasteiger partial charge is 0.225 e. The van der Waals surface area contributed by atoms with Gasteiger partial charge < -0.3 is 10.2 Å². The van der Waals surface area contributed by atoms with Gasteiger partial charge in [0.2, 0.25) is 5.91 Å². The third kappa shape index (κ3) is 3.68. The summed E-state index contributed by atoms with van der Waals surface area (Å²) in [6.45, 7) is 5.78. The third-order valence-electron chi connectivity index (χ3n) is 4.91. The molecule has 1 aliphatic rings. The van der Waals surface area contributed by atoms with Crippen LogP contribution in [0.15, 0.2) is 29.6 Å². The van der Waals surface area contributed by atoms with Crippen LogP contribution in [0.1, 0.15) is 30.3 Å². The van der Waals surface area contributed by atoms with Crippen LogP contribution in [0.25, 0.3) is 11.3 Å². The Morgan fingerprint density at radius 2 is 2.12 bits per heavy atom. The number of hydrogen-bond donors (Lipinski definition) is 1. The van der Waals surface area contributed by atoms with E-state index in [1.165, 1.54) is 0 Å². The molecule has 1 amide bonds.